The molecule has 1 aromatic rings. The number of sulfonamides is 1. The molecule has 0 radical (unpaired) electrons. The van der Waals surface area contributed by atoms with E-state index in [9.17, 15) is 13.2 Å². The molecule has 7 heteroatoms. The van der Waals surface area contributed by atoms with Gasteiger partial charge in [-0.3, -0.25) is 4.79 Å². The van der Waals surface area contributed by atoms with Gasteiger partial charge in [0.1, 0.15) is 5.75 Å². The molecule has 0 bridgehead atoms. The number of rotatable bonds is 5. The average Bonchev–Trinajstić information content (AvgIpc) is 2.53. The first-order chi connectivity index (χ1) is 10.4. The second kappa shape index (κ2) is 7.48. The van der Waals surface area contributed by atoms with E-state index in [2.05, 4.69) is 0 Å². The first kappa shape index (κ1) is 17.3. The van der Waals surface area contributed by atoms with Crippen LogP contribution in [-0.4, -0.2) is 43.3 Å². The Balaban J connectivity index is 2.21. The Kier molecular flexibility index (Phi) is 5.88. The standard InChI is InChI=1S/C15H21NO4S2/c1-12(17)21-11-13-5-3-4-10-16(13)22(18,19)15-8-6-14(20-2)7-9-15/h6-9,13H,3-5,10-11H2,1-2H3. The zero-order valence-electron chi connectivity index (χ0n) is 12.8. The molecule has 1 saturated heterocycles. The van der Waals surface area contributed by atoms with Crippen LogP contribution < -0.4 is 4.74 Å². The average molecular weight is 343 g/mol. The van der Waals surface area contributed by atoms with Crippen molar-refractivity contribution in [1.29, 1.82) is 0 Å². The fourth-order valence-corrected chi connectivity index (χ4v) is 5.11. The topological polar surface area (TPSA) is 63.7 Å². The summed E-state index contributed by atoms with van der Waals surface area (Å²) in [7, 11) is -1.99. The highest BCUT2D eigenvalue weighted by Gasteiger charge is 2.33. The van der Waals surface area contributed by atoms with E-state index >= 15 is 0 Å². The Morgan fingerprint density at radius 2 is 2.00 bits per heavy atom. The van der Waals surface area contributed by atoms with Crippen molar-refractivity contribution in [3.05, 3.63) is 24.3 Å². The van der Waals surface area contributed by atoms with E-state index in [4.69, 9.17) is 4.74 Å². The zero-order chi connectivity index (χ0) is 16.2. The highest BCUT2D eigenvalue weighted by Crippen LogP contribution is 2.28. The Bertz CT molecular complexity index is 613. The van der Waals surface area contributed by atoms with Gasteiger partial charge in [0.2, 0.25) is 10.0 Å². The summed E-state index contributed by atoms with van der Waals surface area (Å²) in [5, 5.41) is 0.0207. The largest absolute Gasteiger partial charge is 0.497 e. The summed E-state index contributed by atoms with van der Waals surface area (Å²) in [4.78, 5) is 11.4. The van der Waals surface area contributed by atoms with Crippen molar-refractivity contribution in [1.82, 2.24) is 4.31 Å². The van der Waals surface area contributed by atoms with Crippen molar-refractivity contribution in [3.63, 3.8) is 0 Å². The number of nitrogens with zero attached hydrogens (tertiary/aromatic N) is 1. The number of hydrogen-bond donors (Lipinski definition) is 0. The molecule has 5 nitrogen and oxygen atoms in total. The van der Waals surface area contributed by atoms with Gasteiger partial charge in [0.05, 0.1) is 12.0 Å². The third kappa shape index (κ3) is 4.02. The van der Waals surface area contributed by atoms with E-state index in [1.54, 1.807) is 35.7 Å². The third-order valence-corrected chi connectivity index (χ3v) is 6.64. The molecule has 0 aromatic heterocycles. The Morgan fingerprint density at radius 3 is 2.59 bits per heavy atom. The van der Waals surface area contributed by atoms with Crippen LogP contribution in [0.25, 0.3) is 0 Å². The lowest BCUT2D eigenvalue weighted by Gasteiger charge is -2.34. The Hall–Kier alpha value is -1.05. The minimum absolute atomic E-state index is 0.0207. The van der Waals surface area contributed by atoms with Crippen molar-refractivity contribution in [2.45, 2.75) is 37.1 Å². The van der Waals surface area contributed by atoms with Gasteiger partial charge in [0.25, 0.3) is 0 Å². The van der Waals surface area contributed by atoms with Gasteiger partial charge in [-0.1, -0.05) is 18.2 Å². The van der Waals surface area contributed by atoms with Crippen molar-refractivity contribution < 1.29 is 17.9 Å². The molecule has 1 heterocycles. The molecule has 0 amide bonds. The van der Waals surface area contributed by atoms with Crippen LogP contribution in [0.1, 0.15) is 26.2 Å². The molecule has 0 spiro atoms. The van der Waals surface area contributed by atoms with Gasteiger partial charge >= 0.3 is 0 Å². The minimum Gasteiger partial charge on any atom is -0.497 e. The molecule has 1 fully saturated rings. The van der Waals surface area contributed by atoms with E-state index in [0.717, 1.165) is 19.3 Å². The van der Waals surface area contributed by atoms with E-state index in [1.165, 1.54) is 18.7 Å². The van der Waals surface area contributed by atoms with Gasteiger partial charge in [0, 0.05) is 25.3 Å². The second-order valence-corrected chi connectivity index (χ2v) is 8.33. The summed E-state index contributed by atoms with van der Waals surface area (Å²) >= 11 is 1.19. The molecule has 2 rings (SSSR count). The summed E-state index contributed by atoms with van der Waals surface area (Å²) in [6.45, 7) is 2.02. The van der Waals surface area contributed by atoms with Gasteiger partial charge in [0.15, 0.2) is 5.12 Å². The van der Waals surface area contributed by atoms with Gasteiger partial charge in [-0.2, -0.15) is 4.31 Å². The van der Waals surface area contributed by atoms with Crippen LogP contribution in [0.15, 0.2) is 29.2 Å². The SMILES string of the molecule is COc1ccc(S(=O)(=O)N2CCCCC2CSC(C)=O)cc1. The summed E-state index contributed by atoms with van der Waals surface area (Å²) in [5.74, 6) is 1.14. The maximum absolute atomic E-state index is 12.8. The first-order valence-electron chi connectivity index (χ1n) is 7.24. The normalized spacial score (nSPS) is 19.8. The summed E-state index contributed by atoms with van der Waals surface area (Å²) in [6.07, 6.45) is 2.66. The van der Waals surface area contributed by atoms with Crippen LogP contribution in [-0.2, 0) is 14.8 Å². The van der Waals surface area contributed by atoms with Gasteiger partial charge in [-0.05, 0) is 37.1 Å². The molecule has 1 aromatic carbocycles. The highest BCUT2D eigenvalue weighted by atomic mass is 32.2. The number of benzene rings is 1. The smallest absolute Gasteiger partial charge is 0.243 e. The van der Waals surface area contributed by atoms with Crippen LogP contribution in [0, 0.1) is 0 Å². The molecule has 1 aliphatic rings. The quantitative estimate of drug-likeness (QED) is 0.822. The minimum atomic E-state index is -3.53. The van der Waals surface area contributed by atoms with E-state index in [0.29, 0.717) is 18.0 Å². The number of hydrogen-bond acceptors (Lipinski definition) is 5. The van der Waals surface area contributed by atoms with Gasteiger partial charge in [-0.15, -0.1) is 0 Å². The van der Waals surface area contributed by atoms with E-state index in [1.807, 2.05) is 0 Å². The number of carbonyl (C=O) groups is 1. The second-order valence-electron chi connectivity index (χ2n) is 5.24. The fourth-order valence-electron chi connectivity index (χ4n) is 2.55. The Labute approximate surface area is 136 Å². The van der Waals surface area contributed by atoms with Gasteiger partial charge < -0.3 is 4.74 Å². The van der Waals surface area contributed by atoms with Crippen molar-refractivity contribution >= 4 is 26.9 Å². The number of piperidine rings is 1. The van der Waals surface area contributed by atoms with E-state index in [-0.39, 0.29) is 16.1 Å². The predicted molar refractivity (Wildman–Crippen MR) is 87.7 cm³/mol. The molecular weight excluding hydrogens is 322 g/mol. The Morgan fingerprint density at radius 1 is 1.32 bits per heavy atom. The lowest BCUT2D eigenvalue weighted by Crippen LogP contribution is -2.45. The van der Waals surface area contributed by atoms with Crippen molar-refractivity contribution in [2.75, 3.05) is 19.4 Å². The molecule has 1 atom stereocenters. The third-order valence-electron chi connectivity index (χ3n) is 3.72. The summed E-state index contributed by atoms with van der Waals surface area (Å²) in [5.41, 5.74) is 0. The van der Waals surface area contributed by atoms with Crippen LogP contribution in [0.2, 0.25) is 0 Å². The van der Waals surface area contributed by atoms with Crippen LogP contribution in [0.4, 0.5) is 0 Å². The summed E-state index contributed by atoms with van der Waals surface area (Å²) < 4.78 is 32.3. The molecule has 0 aliphatic carbocycles. The summed E-state index contributed by atoms with van der Waals surface area (Å²) in [6, 6.07) is 6.32. The molecule has 1 aliphatic heterocycles. The van der Waals surface area contributed by atoms with E-state index < -0.39 is 10.0 Å². The van der Waals surface area contributed by atoms with Crippen molar-refractivity contribution in [3.8, 4) is 5.75 Å². The van der Waals surface area contributed by atoms with Crippen LogP contribution in [0.3, 0.4) is 0 Å². The molecule has 0 saturated carbocycles. The number of methoxy groups -OCH3 is 1. The van der Waals surface area contributed by atoms with Crippen LogP contribution >= 0.6 is 11.8 Å². The van der Waals surface area contributed by atoms with Crippen molar-refractivity contribution in [2.24, 2.45) is 0 Å². The van der Waals surface area contributed by atoms with Gasteiger partial charge in [-0.25, -0.2) is 8.42 Å². The lowest BCUT2D eigenvalue weighted by atomic mass is 10.1. The predicted octanol–water partition coefficient (Wildman–Crippen LogP) is 2.52. The zero-order valence-corrected chi connectivity index (χ0v) is 14.5. The first-order valence-corrected chi connectivity index (χ1v) is 9.67. The van der Waals surface area contributed by atoms with Crippen LogP contribution in [0.5, 0.6) is 5.75 Å². The number of thioether (sulfide) groups is 1. The molecule has 22 heavy (non-hydrogen) atoms. The molecular formula is C15H21NO4S2. The maximum atomic E-state index is 12.8. The molecule has 122 valence electrons. The fraction of sp³-hybridized carbons (Fsp3) is 0.533. The maximum Gasteiger partial charge on any atom is 0.243 e. The number of carbonyl (C=O) groups excluding carboxylic acids is 1. The monoisotopic (exact) mass is 343 g/mol. The molecule has 1 unspecified atom stereocenters. The highest BCUT2D eigenvalue weighted by molar-refractivity contribution is 8.13. The number of ether oxygens (including phenoxy) is 1. The molecule has 0 N–H and O–H groups in total. The lowest BCUT2D eigenvalue weighted by molar-refractivity contribution is -0.109.